The molecule has 1 amide bonds. The van der Waals surface area contributed by atoms with Crippen LogP contribution in [0.1, 0.15) is 38.8 Å². The van der Waals surface area contributed by atoms with Crippen LogP contribution >= 0.6 is 0 Å². The fourth-order valence-electron chi connectivity index (χ4n) is 2.92. The Balaban J connectivity index is 1.85. The second kappa shape index (κ2) is 7.57. The molecule has 1 aliphatic heterocycles. The Morgan fingerprint density at radius 1 is 1.48 bits per heavy atom. The third kappa shape index (κ3) is 4.83. The van der Waals surface area contributed by atoms with Crippen LogP contribution in [0.25, 0.3) is 0 Å². The molecule has 0 saturated carbocycles. The lowest BCUT2D eigenvalue weighted by Crippen LogP contribution is -2.28. The Bertz CT molecular complexity index is 475. The first-order valence-electron chi connectivity index (χ1n) is 7.91. The van der Waals surface area contributed by atoms with Crippen molar-refractivity contribution in [1.82, 2.24) is 10.2 Å². The molecule has 0 aromatic heterocycles. The summed E-state index contributed by atoms with van der Waals surface area (Å²) in [5, 5.41) is 6.46. The van der Waals surface area contributed by atoms with Crippen molar-refractivity contribution >= 4 is 11.6 Å². The summed E-state index contributed by atoms with van der Waals surface area (Å²) in [6.45, 7) is 10.6. The van der Waals surface area contributed by atoms with Crippen LogP contribution in [0.5, 0.6) is 0 Å². The van der Waals surface area contributed by atoms with Gasteiger partial charge in [-0.25, -0.2) is 0 Å². The highest BCUT2D eigenvalue weighted by Crippen LogP contribution is 2.19. The fourth-order valence-corrected chi connectivity index (χ4v) is 2.92. The van der Waals surface area contributed by atoms with E-state index >= 15 is 0 Å². The first-order valence-corrected chi connectivity index (χ1v) is 7.91. The molecule has 1 aromatic carbocycles. The van der Waals surface area contributed by atoms with E-state index in [1.54, 1.807) is 0 Å². The molecule has 1 aromatic rings. The smallest absolute Gasteiger partial charge is 0.221 e. The zero-order valence-electron chi connectivity index (χ0n) is 13.4. The summed E-state index contributed by atoms with van der Waals surface area (Å²) in [5.41, 5.74) is 2.08. The Morgan fingerprint density at radius 3 is 2.95 bits per heavy atom. The first-order chi connectivity index (χ1) is 10.1. The van der Waals surface area contributed by atoms with Crippen LogP contribution in [0.3, 0.4) is 0 Å². The highest BCUT2D eigenvalue weighted by molar-refractivity contribution is 5.88. The van der Waals surface area contributed by atoms with Crippen molar-refractivity contribution in [3.63, 3.8) is 0 Å². The molecule has 2 rings (SSSR count). The number of nitrogens with one attached hydrogen (secondary N) is 2. The van der Waals surface area contributed by atoms with Gasteiger partial charge in [0.25, 0.3) is 0 Å². The standard InChI is InChI=1S/C17H27N3O/c1-4-20-9-8-15(12-20)11-18-13(2)16-6-5-7-17(10-16)19-14(3)21/h5-7,10,13,15,18H,4,8-9,11-12H2,1-3H3,(H,19,21). The molecular weight excluding hydrogens is 262 g/mol. The van der Waals surface area contributed by atoms with E-state index in [4.69, 9.17) is 0 Å². The lowest BCUT2D eigenvalue weighted by molar-refractivity contribution is -0.114. The minimum absolute atomic E-state index is 0.0293. The Kier molecular flexibility index (Phi) is 5.76. The lowest BCUT2D eigenvalue weighted by atomic mass is 10.1. The SMILES string of the molecule is CCN1CCC(CNC(C)c2cccc(NC(C)=O)c2)C1. The summed E-state index contributed by atoms with van der Waals surface area (Å²) in [4.78, 5) is 13.6. The van der Waals surface area contributed by atoms with Crippen molar-refractivity contribution in [2.45, 2.75) is 33.2 Å². The normalized spacial score (nSPS) is 20.4. The van der Waals surface area contributed by atoms with Gasteiger partial charge in [-0.1, -0.05) is 19.1 Å². The average molecular weight is 289 g/mol. The molecular formula is C17H27N3O. The van der Waals surface area contributed by atoms with Gasteiger partial charge in [0.05, 0.1) is 0 Å². The van der Waals surface area contributed by atoms with Crippen LogP contribution in [0.15, 0.2) is 24.3 Å². The zero-order chi connectivity index (χ0) is 15.2. The van der Waals surface area contributed by atoms with Gasteiger partial charge >= 0.3 is 0 Å². The largest absolute Gasteiger partial charge is 0.326 e. The predicted molar refractivity (Wildman–Crippen MR) is 87.4 cm³/mol. The van der Waals surface area contributed by atoms with Crippen molar-refractivity contribution in [3.05, 3.63) is 29.8 Å². The molecule has 2 unspecified atom stereocenters. The molecule has 1 fully saturated rings. The van der Waals surface area contributed by atoms with Gasteiger partial charge in [-0.2, -0.15) is 0 Å². The molecule has 0 aliphatic carbocycles. The second-order valence-corrected chi connectivity index (χ2v) is 5.98. The molecule has 0 spiro atoms. The van der Waals surface area contributed by atoms with Crippen LogP contribution in [0.2, 0.25) is 0 Å². The summed E-state index contributed by atoms with van der Waals surface area (Å²) in [6.07, 6.45) is 1.29. The van der Waals surface area contributed by atoms with Gasteiger partial charge < -0.3 is 15.5 Å². The maximum Gasteiger partial charge on any atom is 0.221 e. The van der Waals surface area contributed by atoms with Gasteiger partial charge in [-0.15, -0.1) is 0 Å². The average Bonchev–Trinajstić information content (AvgIpc) is 2.92. The molecule has 1 aliphatic rings. The molecule has 1 heterocycles. The molecule has 0 bridgehead atoms. The molecule has 21 heavy (non-hydrogen) atoms. The number of rotatable bonds is 6. The third-order valence-corrected chi connectivity index (χ3v) is 4.24. The van der Waals surface area contributed by atoms with Crippen molar-refractivity contribution in [2.24, 2.45) is 5.92 Å². The monoisotopic (exact) mass is 289 g/mol. The number of anilines is 1. The molecule has 116 valence electrons. The van der Waals surface area contributed by atoms with Gasteiger partial charge in [0.15, 0.2) is 0 Å². The number of amides is 1. The summed E-state index contributed by atoms with van der Waals surface area (Å²) in [6, 6.07) is 8.37. The van der Waals surface area contributed by atoms with Crippen LogP contribution in [-0.2, 0) is 4.79 Å². The molecule has 2 atom stereocenters. The van der Waals surface area contributed by atoms with Crippen molar-refractivity contribution in [1.29, 1.82) is 0 Å². The van der Waals surface area contributed by atoms with E-state index in [9.17, 15) is 4.79 Å². The van der Waals surface area contributed by atoms with E-state index in [1.807, 2.05) is 18.2 Å². The van der Waals surface area contributed by atoms with Crippen molar-refractivity contribution < 1.29 is 4.79 Å². The second-order valence-electron chi connectivity index (χ2n) is 5.98. The summed E-state index contributed by atoms with van der Waals surface area (Å²) in [7, 11) is 0. The lowest BCUT2D eigenvalue weighted by Gasteiger charge is -2.19. The minimum Gasteiger partial charge on any atom is -0.326 e. The zero-order valence-corrected chi connectivity index (χ0v) is 13.4. The summed E-state index contributed by atoms with van der Waals surface area (Å²) >= 11 is 0. The van der Waals surface area contributed by atoms with E-state index < -0.39 is 0 Å². The van der Waals surface area contributed by atoms with Crippen LogP contribution in [0.4, 0.5) is 5.69 Å². The molecule has 0 radical (unpaired) electrons. The number of nitrogens with zero attached hydrogens (tertiary/aromatic N) is 1. The maximum absolute atomic E-state index is 11.1. The number of carbonyl (C=O) groups is 1. The van der Waals surface area contributed by atoms with Crippen LogP contribution in [-0.4, -0.2) is 37.0 Å². The fraction of sp³-hybridized carbons (Fsp3) is 0.588. The Labute approximate surface area is 127 Å². The van der Waals surface area contributed by atoms with E-state index in [0.717, 1.165) is 24.7 Å². The van der Waals surface area contributed by atoms with Crippen LogP contribution < -0.4 is 10.6 Å². The Hall–Kier alpha value is -1.39. The third-order valence-electron chi connectivity index (χ3n) is 4.24. The number of carbonyl (C=O) groups excluding carboxylic acids is 1. The highest BCUT2D eigenvalue weighted by Gasteiger charge is 2.21. The predicted octanol–water partition coefficient (Wildman–Crippen LogP) is 2.64. The number of hydrogen-bond donors (Lipinski definition) is 2. The van der Waals surface area contributed by atoms with Crippen molar-refractivity contribution in [2.75, 3.05) is 31.5 Å². The van der Waals surface area contributed by atoms with E-state index in [1.165, 1.54) is 32.0 Å². The molecule has 4 heteroatoms. The first kappa shape index (κ1) is 16.0. The van der Waals surface area contributed by atoms with E-state index in [0.29, 0.717) is 6.04 Å². The maximum atomic E-state index is 11.1. The van der Waals surface area contributed by atoms with Gasteiger partial charge in [-0.05, 0) is 56.6 Å². The van der Waals surface area contributed by atoms with Gasteiger partial charge in [0.2, 0.25) is 5.91 Å². The van der Waals surface area contributed by atoms with Gasteiger partial charge in [0.1, 0.15) is 0 Å². The van der Waals surface area contributed by atoms with E-state index in [-0.39, 0.29) is 5.91 Å². The number of benzene rings is 1. The van der Waals surface area contributed by atoms with Crippen molar-refractivity contribution in [3.8, 4) is 0 Å². The molecule has 2 N–H and O–H groups in total. The minimum atomic E-state index is -0.0293. The number of hydrogen-bond acceptors (Lipinski definition) is 3. The number of likely N-dealkylation sites (tertiary alicyclic amines) is 1. The Morgan fingerprint density at radius 2 is 2.29 bits per heavy atom. The van der Waals surface area contributed by atoms with E-state index in [2.05, 4.69) is 35.4 Å². The highest BCUT2D eigenvalue weighted by atomic mass is 16.1. The summed E-state index contributed by atoms with van der Waals surface area (Å²) in [5.74, 6) is 0.726. The van der Waals surface area contributed by atoms with Gasteiger partial charge in [0, 0.05) is 25.2 Å². The topological polar surface area (TPSA) is 44.4 Å². The molecule has 4 nitrogen and oxygen atoms in total. The van der Waals surface area contributed by atoms with Crippen LogP contribution in [0, 0.1) is 5.92 Å². The quantitative estimate of drug-likeness (QED) is 0.846. The summed E-state index contributed by atoms with van der Waals surface area (Å²) < 4.78 is 0. The van der Waals surface area contributed by atoms with Gasteiger partial charge in [-0.3, -0.25) is 4.79 Å². The molecule has 1 saturated heterocycles.